The predicted molar refractivity (Wildman–Crippen MR) is 72.1 cm³/mol. The molecule has 0 radical (unpaired) electrons. The quantitative estimate of drug-likeness (QED) is 0.670. The van der Waals surface area contributed by atoms with Crippen molar-refractivity contribution in [1.82, 2.24) is 10.6 Å². The first-order chi connectivity index (χ1) is 10.3. The van der Waals surface area contributed by atoms with Gasteiger partial charge in [0.05, 0.1) is 19.3 Å². The number of carbonyl (C=O) groups is 1. The highest BCUT2D eigenvalue weighted by atomic mass is 19.4. The molecule has 4 N–H and O–H groups in total. The van der Waals surface area contributed by atoms with Gasteiger partial charge in [-0.3, -0.25) is 0 Å². The highest BCUT2D eigenvalue weighted by molar-refractivity contribution is 5.76. The Morgan fingerprint density at radius 3 is 2.50 bits per heavy atom. The largest absolute Gasteiger partial charge is 0.415 e. The summed E-state index contributed by atoms with van der Waals surface area (Å²) in [7, 11) is 0. The highest BCUT2D eigenvalue weighted by Crippen LogP contribution is 2.47. The van der Waals surface area contributed by atoms with E-state index in [-0.39, 0.29) is 18.4 Å². The van der Waals surface area contributed by atoms with Gasteiger partial charge in [-0.15, -0.1) is 0 Å². The minimum atomic E-state index is -4.66. The van der Waals surface area contributed by atoms with Gasteiger partial charge >= 0.3 is 12.2 Å². The third-order valence-electron chi connectivity index (χ3n) is 3.83. The minimum Gasteiger partial charge on any atom is -0.394 e. The average Bonchev–Trinajstić information content (AvgIpc) is 2.85. The van der Waals surface area contributed by atoms with Crippen molar-refractivity contribution in [1.29, 1.82) is 0 Å². The molecule has 8 heteroatoms. The van der Waals surface area contributed by atoms with Gasteiger partial charge in [-0.05, 0) is 24.0 Å². The van der Waals surface area contributed by atoms with Crippen LogP contribution >= 0.6 is 0 Å². The van der Waals surface area contributed by atoms with Gasteiger partial charge in [0.25, 0.3) is 0 Å². The number of rotatable bonds is 4. The van der Waals surface area contributed by atoms with Gasteiger partial charge in [0.1, 0.15) is 0 Å². The van der Waals surface area contributed by atoms with E-state index in [1.165, 1.54) is 12.1 Å². The Balaban J connectivity index is 2.28. The average molecular weight is 318 g/mol. The maximum atomic E-state index is 13.6. The minimum absolute atomic E-state index is 0.0298. The zero-order valence-corrected chi connectivity index (χ0v) is 11.7. The molecule has 0 saturated heterocycles. The van der Waals surface area contributed by atoms with E-state index >= 15 is 0 Å². The molecule has 1 aliphatic carbocycles. The fourth-order valence-electron chi connectivity index (χ4n) is 2.67. The third-order valence-corrected chi connectivity index (χ3v) is 3.83. The number of aryl methyl sites for hydroxylation is 1. The van der Waals surface area contributed by atoms with Crippen LogP contribution in [0, 0.1) is 0 Å². The van der Waals surface area contributed by atoms with Crippen molar-refractivity contribution in [3.63, 3.8) is 0 Å². The normalized spacial score (nSPS) is 20.8. The zero-order valence-electron chi connectivity index (χ0n) is 11.7. The van der Waals surface area contributed by atoms with E-state index < -0.39 is 37.0 Å². The maximum Gasteiger partial charge on any atom is 0.415 e. The Labute approximate surface area is 125 Å². The summed E-state index contributed by atoms with van der Waals surface area (Å²) in [4.78, 5) is 11.8. The fraction of sp³-hybridized carbons (Fsp3) is 0.500. The smallest absolute Gasteiger partial charge is 0.394 e. The molecule has 1 aromatic carbocycles. The molecule has 0 fully saturated rings. The number of alkyl halides is 3. The van der Waals surface area contributed by atoms with Crippen LogP contribution in [0.4, 0.5) is 18.0 Å². The second-order valence-corrected chi connectivity index (χ2v) is 5.22. The number of hydrogen-bond acceptors (Lipinski definition) is 3. The summed E-state index contributed by atoms with van der Waals surface area (Å²) in [6.07, 6.45) is -4.74. The van der Waals surface area contributed by atoms with E-state index in [1.807, 2.05) is 5.32 Å². The lowest BCUT2D eigenvalue weighted by Crippen LogP contribution is -2.59. The van der Waals surface area contributed by atoms with Crippen LogP contribution in [0.25, 0.3) is 0 Å². The number of aliphatic hydroxyl groups excluding tert-OH is 2. The third kappa shape index (κ3) is 2.89. The molecular weight excluding hydrogens is 301 g/mol. The summed E-state index contributed by atoms with van der Waals surface area (Å²) in [6.45, 7) is -1.14. The molecule has 0 heterocycles. The predicted octanol–water partition coefficient (Wildman–Crippen LogP) is 1.04. The molecule has 1 aromatic rings. The molecule has 0 saturated carbocycles. The Kier molecular flexibility index (Phi) is 4.62. The Hall–Kier alpha value is -1.80. The van der Waals surface area contributed by atoms with Gasteiger partial charge < -0.3 is 20.8 Å². The highest BCUT2D eigenvalue weighted by Gasteiger charge is 2.59. The van der Waals surface area contributed by atoms with Crippen molar-refractivity contribution in [3.8, 4) is 0 Å². The molecular formula is C14H17F3N2O3. The summed E-state index contributed by atoms with van der Waals surface area (Å²) in [5.74, 6) is 0. The van der Waals surface area contributed by atoms with Crippen molar-refractivity contribution in [3.05, 3.63) is 35.4 Å². The molecule has 122 valence electrons. The zero-order chi connectivity index (χ0) is 16.4. The van der Waals surface area contributed by atoms with Crippen LogP contribution in [-0.4, -0.2) is 41.7 Å². The second kappa shape index (κ2) is 6.13. The van der Waals surface area contributed by atoms with Crippen LogP contribution in [0.1, 0.15) is 17.5 Å². The Morgan fingerprint density at radius 1 is 1.27 bits per heavy atom. The second-order valence-electron chi connectivity index (χ2n) is 5.22. The van der Waals surface area contributed by atoms with Crippen LogP contribution in [0.3, 0.4) is 0 Å². The van der Waals surface area contributed by atoms with Crippen molar-refractivity contribution in [2.45, 2.75) is 30.6 Å². The van der Waals surface area contributed by atoms with Gasteiger partial charge in [0.15, 0.2) is 5.54 Å². The summed E-state index contributed by atoms with van der Waals surface area (Å²) in [5.41, 5.74) is -1.88. The van der Waals surface area contributed by atoms with Crippen LogP contribution in [0.2, 0.25) is 0 Å². The van der Waals surface area contributed by atoms with E-state index in [9.17, 15) is 18.0 Å². The Bertz CT molecular complexity index is 546. The van der Waals surface area contributed by atoms with E-state index in [0.717, 1.165) is 0 Å². The number of fused-ring (bicyclic) bond motifs is 1. The van der Waals surface area contributed by atoms with Crippen molar-refractivity contribution < 1.29 is 28.2 Å². The number of halogens is 3. The fourth-order valence-corrected chi connectivity index (χ4v) is 2.67. The molecule has 1 unspecified atom stereocenters. The topological polar surface area (TPSA) is 81.6 Å². The van der Waals surface area contributed by atoms with Crippen molar-refractivity contribution in [2.75, 3.05) is 13.2 Å². The molecule has 2 rings (SSSR count). The SMILES string of the molecule is O=C(NC(CO)CO)NC1(C(F)(F)F)CCc2ccccc21. The molecule has 0 spiro atoms. The molecule has 5 nitrogen and oxygen atoms in total. The molecule has 1 aliphatic rings. The lowest BCUT2D eigenvalue weighted by molar-refractivity contribution is -0.196. The van der Waals surface area contributed by atoms with E-state index in [4.69, 9.17) is 10.2 Å². The first-order valence-electron chi connectivity index (χ1n) is 6.79. The number of carbonyl (C=O) groups excluding carboxylic acids is 1. The number of urea groups is 1. The monoisotopic (exact) mass is 318 g/mol. The lowest BCUT2D eigenvalue weighted by Gasteiger charge is -2.34. The van der Waals surface area contributed by atoms with Crippen LogP contribution in [0.5, 0.6) is 0 Å². The molecule has 22 heavy (non-hydrogen) atoms. The van der Waals surface area contributed by atoms with Gasteiger partial charge in [-0.1, -0.05) is 24.3 Å². The summed E-state index contributed by atoms with van der Waals surface area (Å²) < 4.78 is 40.8. The van der Waals surface area contributed by atoms with Crippen LogP contribution < -0.4 is 10.6 Å². The summed E-state index contributed by atoms with van der Waals surface area (Å²) in [5, 5.41) is 21.9. The molecule has 2 amide bonds. The first-order valence-corrected chi connectivity index (χ1v) is 6.79. The van der Waals surface area contributed by atoms with Crippen LogP contribution in [-0.2, 0) is 12.0 Å². The Morgan fingerprint density at radius 2 is 1.91 bits per heavy atom. The van der Waals surface area contributed by atoms with Crippen LogP contribution in [0.15, 0.2) is 24.3 Å². The van der Waals surface area contributed by atoms with Gasteiger partial charge in [-0.2, -0.15) is 13.2 Å². The molecule has 1 atom stereocenters. The molecule has 0 aliphatic heterocycles. The number of nitrogens with one attached hydrogen (secondary N) is 2. The van der Waals surface area contributed by atoms with Crippen molar-refractivity contribution >= 4 is 6.03 Å². The number of benzene rings is 1. The lowest BCUT2D eigenvalue weighted by atomic mass is 9.91. The maximum absolute atomic E-state index is 13.6. The molecule has 0 aromatic heterocycles. The van der Waals surface area contributed by atoms with Crippen molar-refractivity contribution in [2.24, 2.45) is 0 Å². The standard InChI is InChI=1S/C14H17F3N2O3/c15-14(16,17)13(19-12(22)18-10(7-20)8-21)6-5-9-3-1-2-4-11(9)13/h1-4,10,20-21H,5-8H2,(H2,18,19,22). The van der Waals surface area contributed by atoms with Gasteiger partial charge in [0.2, 0.25) is 0 Å². The van der Waals surface area contributed by atoms with E-state index in [0.29, 0.717) is 5.56 Å². The van der Waals surface area contributed by atoms with E-state index in [1.54, 1.807) is 12.1 Å². The first kappa shape index (κ1) is 16.6. The number of hydrogen-bond donors (Lipinski definition) is 4. The summed E-state index contributed by atoms with van der Waals surface area (Å²) in [6, 6.07) is 4.01. The van der Waals surface area contributed by atoms with Gasteiger partial charge in [-0.25, -0.2) is 4.79 Å². The number of amides is 2. The van der Waals surface area contributed by atoms with Gasteiger partial charge in [0, 0.05) is 0 Å². The summed E-state index contributed by atoms with van der Waals surface area (Å²) >= 11 is 0. The number of aliphatic hydroxyl groups is 2. The van der Waals surface area contributed by atoms with E-state index in [2.05, 4.69) is 5.32 Å². The molecule has 0 bridgehead atoms.